The Balaban J connectivity index is 1.76. The summed E-state index contributed by atoms with van der Waals surface area (Å²) in [5, 5.41) is 16.8. The second-order valence-electron chi connectivity index (χ2n) is 3.13. The monoisotopic (exact) mass is 239 g/mol. The van der Waals surface area contributed by atoms with Crippen LogP contribution in [-0.4, -0.2) is 28.8 Å². The summed E-state index contributed by atoms with van der Waals surface area (Å²) in [6.45, 7) is 1.33. The van der Waals surface area contributed by atoms with Crippen LogP contribution in [0, 0.1) is 0 Å². The fourth-order valence-electron chi connectivity index (χ4n) is 1.20. The number of aromatic nitrogens is 3. The molecule has 0 amide bonds. The summed E-state index contributed by atoms with van der Waals surface area (Å²) in [5.74, 6) is 0.583. The van der Waals surface area contributed by atoms with Gasteiger partial charge < -0.3 is 15.1 Å². The summed E-state index contributed by atoms with van der Waals surface area (Å²) in [4.78, 5) is 4.18. The molecule has 0 aliphatic rings. The molecule has 0 saturated heterocycles. The van der Waals surface area contributed by atoms with Crippen LogP contribution in [0.25, 0.3) is 0 Å². The van der Waals surface area contributed by atoms with Crippen LogP contribution >= 0.6 is 11.3 Å². The number of anilines is 1. The molecule has 0 saturated carbocycles. The molecule has 0 bridgehead atoms. The van der Waals surface area contributed by atoms with Gasteiger partial charge >= 0.3 is 6.01 Å². The Kier molecular flexibility index (Phi) is 3.84. The highest BCUT2D eigenvalue weighted by Crippen LogP contribution is 2.07. The normalized spacial score (nSPS) is 10.6. The summed E-state index contributed by atoms with van der Waals surface area (Å²) < 4.78 is 5.33. The number of rotatable bonds is 6. The van der Waals surface area contributed by atoms with Gasteiger partial charge in [-0.25, -0.2) is 4.98 Å². The van der Waals surface area contributed by atoms with E-state index in [1.54, 1.807) is 17.5 Å². The molecule has 0 atom stereocenters. The molecule has 0 aromatic carbocycles. The first-order valence-electron chi connectivity index (χ1n) is 4.97. The lowest BCUT2D eigenvalue weighted by Gasteiger charge is -1.97. The zero-order valence-electron chi connectivity index (χ0n) is 8.93. The predicted octanol–water partition coefficient (Wildman–Crippen LogP) is 0.900. The molecule has 0 radical (unpaired) electrons. The van der Waals surface area contributed by atoms with Crippen molar-refractivity contribution in [1.29, 1.82) is 0 Å². The Morgan fingerprint density at radius 2 is 2.38 bits per heavy atom. The van der Waals surface area contributed by atoms with Crippen LogP contribution in [0.5, 0.6) is 0 Å². The lowest BCUT2D eigenvalue weighted by molar-refractivity contribution is 0.489. The molecule has 2 aromatic heterocycles. The summed E-state index contributed by atoms with van der Waals surface area (Å²) >= 11 is 1.64. The molecule has 2 rings (SSSR count). The lowest BCUT2D eigenvalue weighted by Crippen LogP contribution is -2.05. The van der Waals surface area contributed by atoms with Gasteiger partial charge in [-0.2, -0.15) is 0 Å². The van der Waals surface area contributed by atoms with Crippen LogP contribution in [0.3, 0.4) is 0 Å². The van der Waals surface area contributed by atoms with Gasteiger partial charge in [0.15, 0.2) is 0 Å². The SMILES string of the molecule is CNCc1nnc(NCCc2nccs2)o1. The van der Waals surface area contributed by atoms with Gasteiger partial charge in [-0.1, -0.05) is 5.10 Å². The van der Waals surface area contributed by atoms with Crippen molar-refractivity contribution in [3.05, 3.63) is 22.5 Å². The summed E-state index contributed by atoms with van der Waals surface area (Å²) in [5.41, 5.74) is 0. The first kappa shape index (κ1) is 11.0. The average Bonchev–Trinajstić information content (AvgIpc) is 2.90. The van der Waals surface area contributed by atoms with Gasteiger partial charge in [0.05, 0.1) is 11.6 Å². The van der Waals surface area contributed by atoms with Crippen LogP contribution in [0.4, 0.5) is 6.01 Å². The molecule has 0 spiro atoms. The molecule has 6 nitrogen and oxygen atoms in total. The van der Waals surface area contributed by atoms with Gasteiger partial charge in [0.25, 0.3) is 0 Å². The molecule has 7 heteroatoms. The van der Waals surface area contributed by atoms with Crippen molar-refractivity contribution >= 4 is 17.4 Å². The van der Waals surface area contributed by atoms with Crippen molar-refractivity contribution in [3.8, 4) is 0 Å². The first-order valence-corrected chi connectivity index (χ1v) is 5.85. The molecule has 2 heterocycles. The molecule has 0 unspecified atom stereocenters. The van der Waals surface area contributed by atoms with E-state index in [2.05, 4.69) is 25.8 Å². The van der Waals surface area contributed by atoms with E-state index < -0.39 is 0 Å². The van der Waals surface area contributed by atoms with Crippen LogP contribution in [0.2, 0.25) is 0 Å². The van der Waals surface area contributed by atoms with E-state index in [-0.39, 0.29) is 0 Å². The highest BCUT2D eigenvalue weighted by atomic mass is 32.1. The number of hydrogen-bond donors (Lipinski definition) is 2. The first-order chi connectivity index (χ1) is 7.88. The molecule has 2 N–H and O–H groups in total. The lowest BCUT2D eigenvalue weighted by atomic mass is 10.4. The molecule has 0 aliphatic heterocycles. The van der Waals surface area contributed by atoms with Crippen LogP contribution in [0.15, 0.2) is 16.0 Å². The summed E-state index contributed by atoms with van der Waals surface area (Å²) in [7, 11) is 1.83. The number of hydrogen-bond acceptors (Lipinski definition) is 7. The number of nitrogens with one attached hydrogen (secondary N) is 2. The van der Waals surface area contributed by atoms with E-state index in [9.17, 15) is 0 Å². The molecule has 0 fully saturated rings. The molecule has 16 heavy (non-hydrogen) atoms. The van der Waals surface area contributed by atoms with E-state index in [1.165, 1.54) is 0 Å². The zero-order chi connectivity index (χ0) is 11.2. The van der Waals surface area contributed by atoms with Crippen molar-refractivity contribution < 1.29 is 4.42 Å². The Labute approximate surface area is 97.1 Å². The van der Waals surface area contributed by atoms with Gasteiger partial charge in [0.1, 0.15) is 0 Å². The fourth-order valence-corrected chi connectivity index (χ4v) is 1.82. The minimum absolute atomic E-state index is 0.460. The minimum Gasteiger partial charge on any atom is -0.407 e. The van der Waals surface area contributed by atoms with Crippen LogP contribution in [0.1, 0.15) is 10.9 Å². The van der Waals surface area contributed by atoms with E-state index in [0.29, 0.717) is 18.5 Å². The average molecular weight is 239 g/mol. The van der Waals surface area contributed by atoms with Crippen molar-refractivity contribution in [2.45, 2.75) is 13.0 Å². The highest BCUT2D eigenvalue weighted by molar-refractivity contribution is 7.09. The minimum atomic E-state index is 0.460. The van der Waals surface area contributed by atoms with Gasteiger partial charge in [-0.05, 0) is 7.05 Å². The van der Waals surface area contributed by atoms with E-state index in [0.717, 1.165) is 18.0 Å². The summed E-state index contributed by atoms with van der Waals surface area (Å²) in [6.07, 6.45) is 2.67. The maximum Gasteiger partial charge on any atom is 0.315 e. The highest BCUT2D eigenvalue weighted by Gasteiger charge is 2.04. The molecule has 2 aromatic rings. The molecule has 0 aliphatic carbocycles. The number of thiazole rings is 1. The Bertz CT molecular complexity index is 413. The molecular formula is C9H13N5OS. The fraction of sp³-hybridized carbons (Fsp3) is 0.444. The molecular weight excluding hydrogens is 226 g/mol. The van der Waals surface area contributed by atoms with E-state index in [4.69, 9.17) is 4.42 Å². The second kappa shape index (κ2) is 5.57. The Morgan fingerprint density at radius 3 is 3.12 bits per heavy atom. The van der Waals surface area contributed by atoms with Crippen molar-refractivity contribution in [1.82, 2.24) is 20.5 Å². The Hall–Kier alpha value is -1.47. The van der Waals surface area contributed by atoms with Gasteiger partial charge in [-0.3, -0.25) is 0 Å². The Morgan fingerprint density at radius 1 is 1.44 bits per heavy atom. The second-order valence-corrected chi connectivity index (χ2v) is 4.11. The topological polar surface area (TPSA) is 75.9 Å². The van der Waals surface area contributed by atoms with Crippen molar-refractivity contribution in [2.24, 2.45) is 0 Å². The number of nitrogens with zero attached hydrogens (tertiary/aromatic N) is 3. The van der Waals surface area contributed by atoms with E-state index in [1.807, 2.05) is 12.4 Å². The van der Waals surface area contributed by atoms with Crippen molar-refractivity contribution in [3.63, 3.8) is 0 Å². The zero-order valence-corrected chi connectivity index (χ0v) is 9.75. The third kappa shape index (κ3) is 3.01. The summed E-state index contributed by atoms with van der Waals surface area (Å²) in [6, 6.07) is 0.460. The maximum atomic E-state index is 5.33. The quantitative estimate of drug-likeness (QED) is 0.780. The van der Waals surface area contributed by atoms with Gasteiger partial charge in [0.2, 0.25) is 5.89 Å². The third-order valence-electron chi connectivity index (χ3n) is 1.89. The predicted molar refractivity (Wildman–Crippen MR) is 61.4 cm³/mol. The standard InChI is InChI=1S/C9H13N5OS/c1-10-6-7-13-14-9(15-7)12-3-2-8-11-4-5-16-8/h4-5,10H,2-3,6H2,1H3,(H,12,14). The van der Waals surface area contributed by atoms with Crippen LogP contribution < -0.4 is 10.6 Å². The smallest absolute Gasteiger partial charge is 0.315 e. The van der Waals surface area contributed by atoms with Gasteiger partial charge in [0, 0.05) is 24.5 Å². The van der Waals surface area contributed by atoms with Crippen molar-refractivity contribution in [2.75, 3.05) is 18.9 Å². The van der Waals surface area contributed by atoms with Crippen LogP contribution in [-0.2, 0) is 13.0 Å². The molecule has 86 valence electrons. The largest absolute Gasteiger partial charge is 0.407 e. The third-order valence-corrected chi connectivity index (χ3v) is 2.73. The maximum absolute atomic E-state index is 5.33. The van der Waals surface area contributed by atoms with E-state index >= 15 is 0 Å². The van der Waals surface area contributed by atoms with Gasteiger partial charge in [-0.15, -0.1) is 16.4 Å².